The van der Waals surface area contributed by atoms with Gasteiger partial charge in [0.25, 0.3) is 5.78 Å². The number of ketones is 1. The summed E-state index contributed by atoms with van der Waals surface area (Å²) in [6, 6.07) is 18.9. The number of hydrogen-bond donors (Lipinski definition) is 1. The van der Waals surface area contributed by atoms with Crippen molar-refractivity contribution >= 4 is 33.9 Å². The van der Waals surface area contributed by atoms with E-state index in [0.29, 0.717) is 65.7 Å². The quantitative estimate of drug-likeness (QED) is 0.168. The summed E-state index contributed by atoms with van der Waals surface area (Å²) in [5.41, 5.74) is 1.80. The largest absolute Gasteiger partial charge is 0.507 e. The second-order valence-corrected chi connectivity index (χ2v) is 10.1. The molecule has 1 saturated heterocycles. The molecule has 2 aliphatic heterocycles. The topological polar surface area (TPSA) is 107 Å². The Bertz CT molecular complexity index is 1620. The molecule has 208 valence electrons. The molecule has 4 aromatic rings. The number of nitrogens with zero attached hydrogens (tertiary/aromatic N) is 2. The second kappa shape index (κ2) is 11.3. The summed E-state index contributed by atoms with van der Waals surface area (Å²) in [7, 11) is 0. The molecule has 10 heteroatoms. The van der Waals surface area contributed by atoms with E-state index in [1.54, 1.807) is 48.0 Å². The SMILES string of the molecule is CCOc1cc([C@H]2/C(=C(\O)c3ccc4c(c3)OCCO4)C(=O)C(=O)N2c2nccs2)ccc1OCc1ccccc1. The van der Waals surface area contributed by atoms with Crippen LogP contribution in [-0.2, 0) is 16.2 Å². The zero-order valence-corrected chi connectivity index (χ0v) is 22.9. The van der Waals surface area contributed by atoms with Crippen LogP contribution in [0.15, 0.2) is 83.9 Å². The third-order valence-electron chi connectivity index (χ3n) is 6.71. The first-order chi connectivity index (χ1) is 20.0. The molecular weight excluding hydrogens is 544 g/mol. The Labute approximate surface area is 240 Å². The van der Waals surface area contributed by atoms with Gasteiger partial charge >= 0.3 is 5.91 Å². The van der Waals surface area contributed by atoms with Crippen molar-refractivity contribution in [1.82, 2.24) is 4.98 Å². The normalized spacial score (nSPS) is 17.5. The number of ether oxygens (including phenoxy) is 4. The van der Waals surface area contributed by atoms with Gasteiger partial charge in [-0.2, -0.15) is 0 Å². The molecule has 0 spiro atoms. The number of thiazole rings is 1. The monoisotopic (exact) mass is 570 g/mol. The van der Waals surface area contributed by atoms with Crippen LogP contribution < -0.4 is 23.8 Å². The van der Waals surface area contributed by atoms with Gasteiger partial charge in [-0.1, -0.05) is 36.4 Å². The molecule has 2 aliphatic rings. The van der Waals surface area contributed by atoms with Crippen LogP contribution >= 0.6 is 11.3 Å². The summed E-state index contributed by atoms with van der Waals surface area (Å²) < 4.78 is 23.2. The van der Waals surface area contributed by atoms with E-state index >= 15 is 0 Å². The number of hydrogen-bond acceptors (Lipinski definition) is 9. The Hall–Kier alpha value is -4.83. The highest BCUT2D eigenvalue weighted by Crippen LogP contribution is 2.45. The highest BCUT2D eigenvalue weighted by atomic mass is 32.1. The van der Waals surface area contributed by atoms with E-state index in [2.05, 4.69) is 4.98 Å². The molecule has 3 heterocycles. The average Bonchev–Trinajstić information content (AvgIpc) is 3.63. The van der Waals surface area contributed by atoms with Crippen molar-refractivity contribution in [2.24, 2.45) is 0 Å². The lowest BCUT2D eigenvalue weighted by Gasteiger charge is -2.24. The van der Waals surface area contributed by atoms with Crippen molar-refractivity contribution in [3.63, 3.8) is 0 Å². The molecule has 3 aromatic carbocycles. The lowest BCUT2D eigenvalue weighted by Crippen LogP contribution is -2.29. The van der Waals surface area contributed by atoms with Crippen molar-refractivity contribution in [2.45, 2.75) is 19.6 Å². The van der Waals surface area contributed by atoms with Gasteiger partial charge in [-0.15, -0.1) is 11.3 Å². The fourth-order valence-electron chi connectivity index (χ4n) is 4.84. The van der Waals surface area contributed by atoms with Gasteiger partial charge in [0.15, 0.2) is 28.1 Å². The van der Waals surface area contributed by atoms with Crippen molar-refractivity contribution < 1.29 is 33.6 Å². The Morgan fingerprint density at radius 3 is 2.56 bits per heavy atom. The number of aliphatic hydroxyl groups excluding tert-OH is 1. The minimum atomic E-state index is -0.961. The van der Waals surface area contributed by atoms with Gasteiger partial charge in [0.1, 0.15) is 25.6 Å². The maximum atomic E-state index is 13.5. The van der Waals surface area contributed by atoms with E-state index in [1.807, 2.05) is 37.3 Å². The second-order valence-electron chi connectivity index (χ2n) is 9.26. The molecule has 1 aromatic heterocycles. The van der Waals surface area contributed by atoms with Gasteiger partial charge in [-0.25, -0.2) is 4.98 Å². The predicted molar refractivity (Wildman–Crippen MR) is 153 cm³/mol. The van der Waals surface area contributed by atoms with Crippen molar-refractivity contribution in [2.75, 3.05) is 24.7 Å². The zero-order chi connectivity index (χ0) is 28.3. The van der Waals surface area contributed by atoms with Crippen LogP contribution in [0.2, 0.25) is 0 Å². The number of Topliss-reactive ketones (excluding diaryl/α,β-unsaturated/α-hetero) is 1. The number of carbonyl (C=O) groups is 2. The van der Waals surface area contributed by atoms with Crippen molar-refractivity contribution in [1.29, 1.82) is 0 Å². The molecule has 1 amide bonds. The number of rotatable bonds is 8. The first-order valence-corrected chi connectivity index (χ1v) is 14.0. The number of carbonyl (C=O) groups excluding carboxylic acids is 2. The minimum absolute atomic E-state index is 0.0673. The van der Waals surface area contributed by atoms with Gasteiger partial charge < -0.3 is 24.1 Å². The van der Waals surface area contributed by atoms with Crippen LogP contribution in [-0.4, -0.2) is 41.6 Å². The average molecular weight is 571 g/mol. The van der Waals surface area contributed by atoms with E-state index < -0.39 is 17.7 Å². The smallest absolute Gasteiger partial charge is 0.301 e. The molecule has 0 aliphatic carbocycles. The molecular formula is C31H26N2O7S. The molecule has 1 fully saturated rings. The van der Waals surface area contributed by atoms with Crippen LogP contribution in [0.3, 0.4) is 0 Å². The Morgan fingerprint density at radius 2 is 1.80 bits per heavy atom. The Balaban J connectivity index is 1.44. The van der Waals surface area contributed by atoms with Crippen LogP contribution in [0, 0.1) is 0 Å². The van der Waals surface area contributed by atoms with Gasteiger partial charge in [-0.3, -0.25) is 14.5 Å². The Kier molecular flexibility index (Phi) is 7.30. The van der Waals surface area contributed by atoms with Crippen LogP contribution in [0.25, 0.3) is 5.76 Å². The summed E-state index contributed by atoms with van der Waals surface area (Å²) in [5.74, 6) is 0.0187. The van der Waals surface area contributed by atoms with E-state index in [9.17, 15) is 14.7 Å². The van der Waals surface area contributed by atoms with Gasteiger partial charge in [-0.05, 0) is 48.4 Å². The fraction of sp³-hybridized carbons (Fsp3) is 0.194. The summed E-state index contributed by atoms with van der Waals surface area (Å²) in [5, 5.41) is 13.6. The molecule has 41 heavy (non-hydrogen) atoms. The highest BCUT2D eigenvalue weighted by Gasteiger charge is 2.48. The van der Waals surface area contributed by atoms with E-state index in [1.165, 1.54) is 16.2 Å². The summed E-state index contributed by atoms with van der Waals surface area (Å²) >= 11 is 1.22. The van der Waals surface area contributed by atoms with Gasteiger partial charge in [0.2, 0.25) is 0 Å². The fourth-order valence-corrected chi connectivity index (χ4v) is 5.51. The number of aliphatic hydroxyl groups is 1. The first kappa shape index (κ1) is 26.4. The van der Waals surface area contributed by atoms with Crippen molar-refractivity contribution in [3.05, 3.63) is 101 Å². The number of fused-ring (bicyclic) bond motifs is 1. The first-order valence-electron chi connectivity index (χ1n) is 13.1. The van der Waals surface area contributed by atoms with Crippen molar-refractivity contribution in [3.8, 4) is 23.0 Å². The number of aromatic nitrogens is 1. The molecule has 6 rings (SSSR count). The molecule has 9 nitrogen and oxygen atoms in total. The maximum absolute atomic E-state index is 13.5. The predicted octanol–water partition coefficient (Wildman–Crippen LogP) is 5.52. The molecule has 1 atom stereocenters. The van der Waals surface area contributed by atoms with Gasteiger partial charge in [0, 0.05) is 17.1 Å². The standard InChI is InChI=1S/C31H26N2O7S/c1-2-37-24-16-20(8-10-23(24)40-18-19-6-4-3-5-7-19)27-26(29(35)30(36)33(27)31-32-12-15-41-31)28(34)21-9-11-22-25(17-21)39-14-13-38-22/h3-12,15-17,27,34H,2,13-14,18H2,1H3/b28-26+/t27-/m0/s1. The number of anilines is 1. The minimum Gasteiger partial charge on any atom is -0.507 e. The van der Waals surface area contributed by atoms with E-state index in [4.69, 9.17) is 18.9 Å². The zero-order valence-electron chi connectivity index (χ0n) is 22.1. The van der Waals surface area contributed by atoms with E-state index in [-0.39, 0.29) is 11.3 Å². The molecule has 0 bridgehead atoms. The Morgan fingerprint density at radius 1 is 1.00 bits per heavy atom. The van der Waals surface area contributed by atoms with Crippen LogP contribution in [0.1, 0.15) is 29.7 Å². The van der Waals surface area contributed by atoms with E-state index in [0.717, 1.165) is 5.56 Å². The third-order valence-corrected chi connectivity index (χ3v) is 7.48. The third kappa shape index (κ3) is 5.09. The number of amides is 1. The highest BCUT2D eigenvalue weighted by molar-refractivity contribution is 7.14. The van der Waals surface area contributed by atoms with Crippen LogP contribution in [0.5, 0.6) is 23.0 Å². The lowest BCUT2D eigenvalue weighted by atomic mass is 9.95. The number of benzene rings is 3. The molecule has 1 N–H and O–H groups in total. The summed E-state index contributed by atoms with van der Waals surface area (Å²) in [6.07, 6.45) is 1.56. The molecule has 0 radical (unpaired) electrons. The molecule has 0 unspecified atom stereocenters. The summed E-state index contributed by atoms with van der Waals surface area (Å²) in [4.78, 5) is 32.5. The maximum Gasteiger partial charge on any atom is 0.301 e. The van der Waals surface area contributed by atoms with Gasteiger partial charge in [0.05, 0.1) is 18.2 Å². The molecule has 0 saturated carbocycles. The van der Waals surface area contributed by atoms with Crippen LogP contribution in [0.4, 0.5) is 5.13 Å². The lowest BCUT2D eigenvalue weighted by molar-refractivity contribution is -0.132. The summed E-state index contributed by atoms with van der Waals surface area (Å²) in [6.45, 7) is 3.35.